The van der Waals surface area contributed by atoms with E-state index in [0.29, 0.717) is 5.56 Å². The highest BCUT2D eigenvalue weighted by atomic mass is 79.9. The lowest BCUT2D eigenvalue weighted by molar-refractivity contribution is -0.384. The van der Waals surface area contributed by atoms with Crippen molar-refractivity contribution in [3.63, 3.8) is 0 Å². The number of hydrogen-bond acceptors (Lipinski definition) is 9. The van der Waals surface area contributed by atoms with E-state index in [4.69, 9.17) is 8.92 Å². The molecule has 0 aliphatic heterocycles. The van der Waals surface area contributed by atoms with Gasteiger partial charge in [-0.2, -0.15) is 13.7 Å². The van der Waals surface area contributed by atoms with Crippen molar-refractivity contribution in [3.8, 4) is 17.6 Å². The van der Waals surface area contributed by atoms with Gasteiger partial charge in [-0.3, -0.25) is 19.7 Å². The smallest absolute Gasteiger partial charge is 0.339 e. The molecule has 3 aromatic carbocycles. The molecule has 0 aliphatic rings. The summed E-state index contributed by atoms with van der Waals surface area (Å²) in [6.45, 7) is 3.14. The maximum absolute atomic E-state index is 12.8. The number of anilines is 1. The summed E-state index contributed by atoms with van der Waals surface area (Å²) in [5, 5.41) is 23.0. The van der Waals surface area contributed by atoms with Gasteiger partial charge in [0.1, 0.15) is 16.5 Å². The first-order valence-corrected chi connectivity index (χ1v) is 13.3. The summed E-state index contributed by atoms with van der Waals surface area (Å²) in [7, 11) is -4.41. The predicted octanol–water partition coefficient (Wildman–Crippen LogP) is 5.27. The van der Waals surface area contributed by atoms with E-state index in [1.807, 2.05) is 6.07 Å². The van der Waals surface area contributed by atoms with Crippen LogP contribution >= 0.6 is 15.9 Å². The van der Waals surface area contributed by atoms with Crippen LogP contribution in [0.1, 0.15) is 29.8 Å². The molecule has 0 radical (unpaired) electrons. The standard InChI is InChI=1S/C26H20BrN3O8S/c1-3-37-24-14-17(12-18(15-28)26(32)29-23-7-5-4-6-21(23)16(2)31)13-22(27)25(24)38-39(35,36)20-10-8-19(9-11-20)30(33)34/h4-14H,3H2,1-2H3,(H,29,32)/b18-12-. The first kappa shape index (κ1) is 29.0. The van der Waals surface area contributed by atoms with Crippen molar-refractivity contribution in [2.24, 2.45) is 0 Å². The Morgan fingerprint density at radius 3 is 2.41 bits per heavy atom. The van der Waals surface area contributed by atoms with E-state index in [2.05, 4.69) is 21.2 Å². The Hall–Kier alpha value is -4.54. The lowest BCUT2D eigenvalue weighted by Crippen LogP contribution is -2.15. The number of nitrogens with zero attached hydrogens (tertiary/aromatic N) is 2. The van der Waals surface area contributed by atoms with Crippen LogP contribution in [0.25, 0.3) is 6.08 Å². The normalized spacial score (nSPS) is 11.3. The molecule has 0 saturated carbocycles. The highest BCUT2D eigenvalue weighted by molar-refractivity contribution is 9.10. The van der Waals surface area contributed by atoms with Gasteiger partial charge in [0, 0.05) is 17.7 Å². The number of para-hydroxylation sites is 1. The molecular formula is C26H20BrN3O8S. The molecule has 0 saturated heterocycles. The zero-order valence-electron chi connectivity index (χ0n) is 20.5. The maximum Gasteiger partial charge on any atom is 0.339 e. The molecule has 0 aromatic heterocycles. The minimum atomic E-state index is -4.41. The minimum Gasteiger partial charge on any atom is -0.490 e. The third kappa shape index (κ3) is 7.07. The van der Waals surface area contributed by atoms with Crippen LogP contribution in [0.5, 0.6) is 11.5 Å². The maximum atomic E-state index is 12.8. The van der Waals surface area contributed by atoms with Crippen LogP contribution in [-0.2, 0) is 14.9 Å². The van der Waals surface area contributed by atoms with Gasteiger partial charge in [0.2, 0.25) is 0 Å². The lowest BCUT2D eigenvalue weighted by atomic mass is 10.1. The molecule has 0 spiro atoms. The Bertz CT molecular complexity index is 1630. The number of amides is 1. The number of rotatable bonds is 10. The molecule has 1 amide bonds. The number of Topliss-reactive ketones (excluding diaryl/α,β-unsaturated/α-hetero) is 1. The zero-order chi connectivity index (χ0) is 28.7. The molecule has 13 heteroatoms. The van der Waals surface area contributed by atoms with E-state index in [1.54, 1.807) is 25.1 Å². The number of non-ortho nitro benzene ring substituents is 1. The number of carbonyl (C=O) groups is 2. The molecular weight excluding hydrogens is 594 g/mol. The molecule has 0 unspecified atom stereocenters. The van der Waals surface area contributed by atoms with E-state index < -0.39 is 20.9 Å². The van der Waals surface area contributed by atoms with Gasteiger partial charge in [-0.25, -0.2) is 0 Å². The fourth-order valence-corrected chi connectivity index (χ4v) is 4.92. The van der Waals surface area contributed by atoms with Crippen molar-refractivity contribution in [2.75, 3.05) is 11.9 Å². The van der Waals surface area contributed by atoms with Crippen LogP contribution in [-0.4, -0.2) is 31.6 Å². The molecule has 0 fully saturated rings. The SMILES string of the molecule is CCOc1cc(/C=C(/C#N)C(=O)Nc2ccccc2C(C)=O)cc(Br)c1OS(=O)(=O)c1ccc([N+](=O)[O-])cc1. The van der Waals surface area contributed by atoms with Gasteiger partial charge in [0.25, 0.3) is 11.6 Å². The number of nitro groups is 1. The van der Waals surface area contributed by atoms with E-state index >= 15 is 0 Å². The van der Waals surface area contributed by atoms with Crippen molar-refractivity contribution in [3.05, 3.63) is 92.0 Å². The van der Waals surface area contributed by atoms with Crippen molar-refractivity contribution < 1.29 is 31.9 Å². The Labute approximate surface area is 232 Å². The first-order valence-electron chi connectivity index (χ1n) is 11.1. The number of carbonyl (C=O) groups excluding carboxylic acids is 2. The van der Waals surface area contributed by atoms with Crippen molar-refractivity contribution in [1.82, 2.24) is 0 Å². The third-order valence-electron chi connectivity index (χ3n) is 5.09. The second-order valence-corrected chi connectivity index (χ2v) is 10.2. The quantitative estimate of drug-likeness (QED) is 0.0799. The fourth-order valence-electron chi connectivity index (χ4n) is 3.31. The second-order valence-electron chi connectivity index (χ2n) is 7.78. The van der Waals surface area contributed by atoms with Crippen LogP contribution in [0.3, 0.4) is 0 Å². The number of halogens is 1. The number of nitro benzene ring substituents is 1. The Morgan fingerprint density at radius 1 is 1.15 bits per heavy atom. The van der Waals surface area contributed by atoms with Gasteiger partial charge in [0.05, 0.1) is 21.7 Å². The average molecular weight is 614 g/mol. The first-order chi connectivity index (χ1) is 18.5. The third-order valence-corrected chi connectivity index (χ3v) is 6.92. The highest BCUT2D eigenvalue weighted by Crippen LogP contribution is 2.39. The molecule has 0 atom stereocenters. The van der Waals surface area contributed by atoms with Crippen molar-refractivity contribution >= 4 is 55.2 Å². The number of ether oxygens (including phenoxy) is 1. The summed E-state index contributed by atoms with van der Waals surface area (Å²) >= 11 is 3.24. The molecule has 1 N–H and O–H groups in total. The van der Waals surface area contributed by atoms with Gasteiger partial charge in [-0.15, -0.1) is 0 Å². The predicted molar refractivity (Wildman–Crippen MR) is 145 cm³/mol. The van der Waals surface area contributed by atoms with E-state index in [-0.39, 0.29) is 55.8 Å². The number of hydrogen-bond donors (Lipinski definition) is 1. The topological polar surface area (TPSA) is 166 Å². The molecule has 3 rings (SSSR count). The Balaban J connectivity index is 1.95. The summed E-state index contributed by atoms with van der Waals surface area (Å²) < 4.78 is 36.6. The number of nitriles is 1. The summed E-state index contributed by atoms with van der Waals surface area (Å²) in [5.74, 6) is -1.24. The zero-order valence-corrected chi connectivity index (χ0v) is 22.9. The fraction of sp³-hybridized carbons (Fsp3) is 0.115. The number of ketones is 1. The van der Waals surface area contributed by atoms with Gasteiger partial charge < -0.3 is 14.2 Å². The molecule has 0 heterocycles. The van der Waals surface area contributed by atoms with E-state index in [0.717, 1.165) is 24.3 Å². The van der Waals surface area contributed by atoms with Gasteiger partial charge >= 0.3 is 10.1 Å². The summed E-state index contributed by atoms with van der Waals surface area (Å²) in [6, 6.07) is 15.1. The molecule has 3 aromatic rings. The number of benzene rings is 3. The van der Waals surface area contributed by atoms with E-state index in [9.17, 15) is 33.4 Å². The van der Waals surface area contributed by atoms with Crippen LogP contribution in [0.2, 0.25) is 0 Å². The monoisotopic (exact) mass is 613 g/mol. The Morgan fingerprint density at radius 2 is 1.82 bits per heavy atom. The lowest BCUT2D eigenvalue weighted by Gasteiger charge is -2.15. The molecule has 11 nitrogen and oxygen atoms in total. The van der Waals surface area contributed by atoms with E-state index in [1.165, 1.54) is 31.2 Å². The molecule has 200 valence electrons. The average Bonchev–Trinajstić information content (AvgIpc) is 2.89. The molecule has 0 aliphatic carbocycles. The summed E-state index contributed by atoms with van der Waals surface area (Å²) in [5.41, 5.74) is 0.239. The van der Waals surface area contributed by atoms with Crippen molar-refractivity contribution in [2.45, 2.75) is 18.7 Å². The van der Waals surface area contributed by atoms with Crippen LogP contribution in [0, 0.1) is 21.4 Å². The van der Waals surface area contributed by atoms with Crippen LogP contribution in [0.15, 0.2) is 75.6 Å². The van der Waals surface area contributed by atoms with Crippen LogP contribution < -0.4 is 14.2 Å². The van der Waals surface area contributed by atoms with Gasteiger partial charge in [0.15, 0.2) is 17.3 Å². The minimum absolute atomic E-state index is 0.0109. The number of nitrogens with one attached hydrogen (secondary N) is 1. The Kier molecular flexibility index (Phi) is 9.18. The van der Waals surface area contributed by atoms with Gasteiger partial charge in [-0.1, -0.05) is 12.1 Å². The molecule has 0 bridgehead atoms. The highest BCUT2D eigenvalue weighted by Gasteiger charge is 2.23. The summed E-state index contributed by atoms with van der Waals surface area (Å²) in [6.07, 6.45) is 1.26. The van der Waals surface area contributed by atoms with Gasteiger partial charge in [-0.05, 0) is 77.8 Å². The molecule has 39 heavy (non-hydrogen) atoms. The largest absolute Gasteiger partial charge is 0.490 e. The summed E-state index contributed by atoms with van der Waals surface area (Å²) in [4.78, 5) is 34.5. The van der Waals surface area contributed by atoms with Crippen LogP contribution in [0.4, 0.5) is 11.4 Å². The second kappa shape index (κ2) is 12.3. The van der Waals surface area contributed by atoms with Crippen molar-refractivity contribution in [1.29, 1.82) is 5.26 Å².